The largest absolute Gasteiger partial charge is 0.355 e. The second-order valence-corrected chi connectivity index (χ2v) is 8.08. The molecule has 0 saturated heterocycles. The van der Waals surface area contributed by atoms with Crippen molar-refractivity contribution in [3.05, 3.63) is 81.4 Å². The minimum Gasteiger partial charge on any atom is -0.355 e. The smallest absolute Gasteiger partial charge is 0.276 e. The van der Waals surface area contributed by atoms with E-state index in [-0.39, 0.29) is 17.2 Å². The SMILES string of the molecule is CNC(=O)c1cc(Cl)cc(C)c1NC(=O)c1ncc2cccn2c1-c1ccncc1Br. The average molecular weight is 499 g/mol. The number of hydrogen-bond acceptors (Lipinski definition) is 4. The number of carbonyl (C=O) groups is 2. The Hall–Kier alpha value is -3.23. The lowest BCUT2D eigenvalue weighted by Crippen LogP contribution is -2.23. The van der Waals surface area contributed by atoms with E-state index in [9.17, 15) is 9.59 Å². The van der Waals surface area contributed by atoms with E-state index in [1.54, 1.807) is 37.6 Å². The molecule has 156 valence electrons. The van der Waals surface area contributed by atoms with Crippen LogP contribution >= 0.6 is 27.5 Å². The van der Waals surface area contributed by atoms with Gasteiger partial charge < -0.3 is 15.0 Å². The lowest BCUT2D eigenvalue weighted by atomic mass is 10.1. The Morgan fingerprint density at radius 3 is 2.71 bits per heavy atom. The standard InChI is InChI=1S/C22H17BrClN5O2/c1-12-8-13(24)9-16(21(30)25-2)18(12)28-22(31)19-20(15-5-6-26-11-17(15)23)29-7-3-4-14(29)10-27-19/h3-11H,1-2H3,(H,25,30)(H,28,31). The molecule has 7 nitrogen and oxygen atoms in total. The summed E-state index contributed by atoms with van der Waals surface area (Å²) in [5.41, 5.74) is 3.71. The van der Waals surface area contributed by atoms with E-state index >= 15 is 0 Å². The van der Waals surface area contributed by atoms with E-state index < -0.39 is 5.91 Å². The summed E-state index contributed by atoms with van der Waals surface area (Å²) < 4.78 is 2.61. The number of amides is 2. The lowest BCUT2D eigenvalue weighted by Gasteiger charge is -2.16. The van der Waals surface area contributed by atoms with Gasteiger partial charge in [0.1, 0.15) is 0 Å². The van der Waals surface area contributed by atoms with Crippen LogP contribution in [-0.2, 0) is 0 Å². The molecule has 3 aromatic heterocycles. The number of fused-ring (bicyclic) bond motifs is 1. The number of benzene rings is 1. The Bertz CT molecular complexity index is 1330. The van der Waals surface area contributed by atoms with Crippen LogP contribution in [0.4, 0.5) is 5.69 Å². The lowest BCUT2D eigenvalue weighted by molar-refractivity contribution is 0.0964. The van der Waals surface area contributed by atoms with Gasteiger partial charge in [0, 0.05) is 40.7 Å². The van der Waals surface area contributed by atoms with E-state index in [1.165, 1.54) is 13.1 Å². The second-order valence-electron chi connectivity index (χ2n) is 6.79. The fourth-order valence-electron chi connectivity index (χ4n) is 3.40. The highest BCUT2D eigenvalue weighted by Gasteiger charge is 2.23. The van der Waals surface area contributed by atoms with E-state index in [0.717, 1.165) is 15.6 Å². The molecule has 4 aromatic rings. The number of hydrogen-bond donors (Lipinski definition) is 2. The number of pyridine rings is 1. The summed E-state index contributed by atoms with van der Waals surface area (Å²) >= 11 is 9.65. The summed E-state index contributed by atoms with van der Waals surface area (Å²) in [7, 11) is 1.52. The van der Waals surface area contributed by atoms with Crippen LogP contribution < -0.4 is 10.6 Å². The number of carbonyl (C=O) groups excluding carboxylic acids is 2. The molecular weight excluding hydrogens is 482 g/mol. The highest BCUT2D eigenvalue weighted by atomic mass is 79.9. The summed E-state index contributed by atoms with van der Waals surface area (Å²) in [6.45, 7) is 1.77. The molecule has 0 atom stereocenters. The average Bonchev–Trinajstić information content (AvgIpc) is 3.23. The van der Waals surface area contributed by atoms with Crippen LogP contribution in [0.3, 0.4) is 0 Å². The molecule has 31 heavy (non-hydrogen) atoms. The summed E-state index contributed by atoms with van der Waals surface area (Å²) in [5, 5.41) is 5.84. The van der Waals surface area contributed by atoms with Gasteiger partial charge in [-0.05, 0) is 58.7 Å². The van der Waals surface area contributed by atoms with E-state index in [0.29, 0.717) is 22.0 Å². The third-order valence-electron chi connectivity index (χ3n) is 4.82. The molecule has 0 aliphatic rings. The summed E-state index contributed by atoms with van der Waals surface area (Å²) in [5.74, 6) is -0.809. The first-order valence-electron chi connectivity index (χ1n) is 9.30. The van der Waals surface area contributed by atoms with Gasteiger partial charge in [-0.3, -0.25) is 14.6 Å². The zero-order valence-electron chi connectivity index (χ0n) is 16.6. The zero-order chi connectivity index (χ0) is 22.1. The molecule has 0 bridgehead atoms. The molecular formula is C22H17BrClN5O2. The van der Waals surface area contributed by atoms with E-state index in [4.69, 9.17) is 11.6 Å². The molecule has 9 heteroatoms. The number of nitrogens with zero attached hydrogens (tertiary/aromatic N) is 3. The topological polar surface area (TPSA) is 88.4 Å². The maximum absolute atomic E-state index is 13.4. The van der Waals surface area contributed by atoms with Crippen LogP contribution in [0.15, 0.2) is 59.6 Å². The molecule has 4 rings (SSSR count). The van der Waals surface area contributed by atoms with Crippen LogP contribution in [0.25, 0.3) is 16.8 Å². The molecule has 0 unspecified atom stereocenters. The Labute approximate surface area is 191 Å². The van der Waals surface area contributed by atoms with Gasteiger partial charge in [0.05, 0.1) is 28.7 Å². The fraction of sp³-hybridized carbons (Fsp3) is 0.0909. The van der Waals surface area contributed by atoms with Crippen LogP contribution in [0.5, 0.6) is 0 Å². The molecule has 0 aliphatic carbocycles. The van der Waals surface area contributed by atoms with Gasteiger partial charge in [0.2, 0.25) is 0 Å². The molecule has 0 fully saturated rings. The minimum absolute atomic E-state index is 0.202. The number of aryl methyl sites for hydroxylation is 1. The summed E-state index contributed by atoms with van der Waals surface area (Å²) in [4.78, 5) is 34.3. The van der Waals surface area contributed by atoms with Gasteiger partial charge >= 0.3 is 0 Å². The van der Waals surface area contributed by atoms with Crippen molar-refractivity contribution in [2.75, 3.05) is 12.4 Å². The van der Waals surface area contributed by atoms with Crippen LogP contribution in [0.1, 0.15) is 26.4 Å². The quantitative estimate of drug-likeness (QED) is 0.426. The highest BCUT2D eigenvalue weighted by Crippen LogP contribution is 2.32. The van der Waals surface area contributed by atoms with Crippen molar-refractivity contribution in [2.45, 2.75) is 6.92 Å². The number of halogens is 2. The molecule has 1 aromatic carbocycles. The third-order valence-corrected chi connectivity index (χ3v) is 5.67. The van der Waals surface area contributed by atoms with Crippen LogP contribution in [0.2, 0.25) is 5.02 Å². The zero-order valence-corrected chi connectivity index (χ0v) is 19.0. The third kappa shape index (κ3) is 3.92. The molecule has 0 saturated carbocycles. The molecule has 2 N–H and O–H groups in total. The van der Waals surface area contributed by atoms with Gasteiger partial charge in [-0.1, -0.05) is 11.6 Å². The first-order chi connectivity index (χ1) is 14.9. The van der Waals surface area contributed by atoms with Crippen LogP contribution in [0, 0.1) is 6.92 Å². The van der Waals surface area contributed by atoms with Gasteiger partial charge in [-0.15, -0.1) is 0 Å². The molecule has 0 radical (unpaired) electrons. The molecule has 2 amide bonds. The Balaban J connectivity index is 1.87. The number of aromatic nitrogens is 3. The van der Waals surface area contributed by atoms with Crippen LogP contribution in [-0.4, -0.2) is 33.2 Å². The maximum atomic E-state index is 13.4. The Morgan fingerprint density at radius 1 is 1.16 bits per heavy atom. The van der Waals surface area contributed by atoms with Crippen molar-refractivity contribution >= 4 is 50.5 Å². The number of anilines is 1. The maximum Gasteiger partial charge on any atom is 0.276 e. The van der Waals surface area contributed by atoms with Gasteiger partial charge in [0.15, 0.2) is 5.69 Å². The van der Waals surface area contributed by atoms with E-state index in [1.807, 2.05) is 22.7 Å². The van der Waals surface area contributed by atoms with Crippen molar-refractivity contribution < 1.29 is 9.59 Å². The molecule has 0 spiro atoms. The number of nitrogens with one attached hydrogen (secondary N) is 2. The predicted molar refractivity (Wildman–Crippen MR) is 124 cm³/mol. The summed E-state index contributed by atoms with van der Waals surface area (Å²) in [6, 6.07) is 8.80. The predicted octanol–water partition coefficient (Wildman–Crippen LogP) is 4.73. The molecule has 3 heterocycles. The second kappa shape index (κ2) is 8.49. The first kappa shape index (κ1) is 21.0. The fourth-order valence-corrected chi connectivity index (χ4v) is 4.11. The minimum atomic E-state index is -0.454. The molecule has 0 aliphatic heterocycles. The Morgan fingerprint density at radius 2 is 1.97 bits per heavy atom. The van der Waals surface area contributed by atoms with Crippen molar-refractivity contribution in [3.8, 4) is 11.3 Å². The summed E-state index contributed by atoms with van der Waals surface area (Å²) in [6.07, 6.45) is 6.80. The Kier molecular flexibility index (Phi) is 5.75. The number of rotatable bonds is 4. The van der Waals surface area contributed by atoms with Crippen molar-refractivity contribution in [3.63, 3.8) is 0 Å². The van der Waals surface area contributed by atoms with Gasteiger partial charge in [-0.25, -0.2) is 4.98 Å². The highest BCUT2D eigenvalue weighted by molar-refractivity contribution is 9.10. The van der Waals surface area contributed by atoms with Crippen molar-refractivity contribution in [2.24, 2.45) is 0 Å². The van der Waals surface area contributed by atoms with E-state index in [2.05, 4.69) is 36.5 Å². The van der Waals surface area contributed by atoms with Crippen molar-refractivity contribution in [1.82, 2.24) is 19.7 Å². The van der Waals surface area contributed by atoms with Crippen molar-refractivity contribution in [1.29, 1.82) is 0 Å². The monoisotopic (exact) mass is 497 g/mol. The first-order valence-corrected chi connectivity index (χ1v) is 10.5. The van der Waals surface area contributed by atoms with Gasteiger partial charge in [-0.2, -0.15) is 0 Å². The van der Waals surface area contributed by atoms with Gasteiger partial charge in [0.25, 0.3) is 11.8 Å². The normalized spacial score (nSPS) is 10.8.